The second-order valence-electron chi connectivity index (χ2n) is 5.33. The molecule has 0 bridgehead atoms. The Bertz CT molecular complexity index is 473. The van der Waals surface area contributed by atoms with Crippen LogP contribution in [0.25, 0.3) is 0 Å². The third-order valence-electron chi connectivity index (χ3n) is 3.88. The van der Waals surface area contributed by atoms with Gasteiger partial charge in [0.05, 0.1) is 25.9 Å². The molecule has 1 fully saturated rings. The molecule has 1 N–H and O–H groups in total. The maximum atomic E-state index is 10.7. The predicted octanol–water partition coefficient (Wildman–Crippen LogP) is 3.53. The van der Waals surface area contributed by atoms with Crippen LogP contribution in [0.4, 0.5) is 0 Å². The first-order valence-electron chi connectivity index (χ1n) is 6.59. The second kappa shape index (κ2) is 5.81. The molecule has 1 aromatic rings. The van der Waals surface area contributed by atoms with Crippen molar-refractivity contribution >= 4 is 15.9 Å². The lowest BCUT2D eigenvalue weighted by Gasteiger charge is -2.23. The summed E-state index contributed by atoms with van der Waals surface area (Å²) in [6, 6.07) is 2.03. The molecule has 2 rings (SSSR count). The van der Waals surface area contributed by atoms with E-state index in [2.05, 4.69) is 15.9 Å². The van der Waals surface area contributed by atoms with Crippen LogP contribution < -0.4 is 4.74 Å². The van der Waals surface area contributed by atoms with Gasteiger partial charge in [-0.2, -0.15) is 0 Å². The number of aliphatic hydroxyl groups is 1. The van der Waals surface area contributed by atoms with Gasteiger partial charge in [-0.1, -0.05) is 15.9 Å². The van der Waals surface area contributed by atoms with E-state index in [1.165, 1.54) is 0 Å². The number of methoxy groups -OCH3 is 1. The van der Waals surface area contributed by atoms with Crippen LogP contribution in [0, 0.1) is 19.8 Å². The van der Waals surface area contributed by atoms with Gasteiger partial charge in [-0.25, -0.2) is 0 Å². The van der Waals surface area contributed by atoms with Crippen molar-refractivity contribution in [1.82, 2.24) is 0 Å². The van der Waals surface area contributed by atoms with Crippen LogP contribution >= 0.6 is 15.9 Å². The van der Waals surface area contributed by atoms with Crippen molar-refractivity contribution in [3.63, 3.8) is 0 Å². The number of ether oxygens (including phenoxy) is 2. The Labute approximate surface area is 123 Å². The van der Waals surface area contributed by atoms with Crippen molar-refractivity contribution in [3.05, 3.63) is 27.2 Å². The maximum Gasteiger partial charge on any atom is 0.127 e. The Hall–Kier alpha value is -0.580. The first-order valence-corrected chi connectivity index (χ1v) is 7.38. The third kappa shape index (κ3) is 2.81. The maximum absolute atomic E-state index is 10.7. The SMILES string of the molecule is COc1c(C)cc(Br)c(C)c1C(O)C1COC(C)C1. The monoisotopic (exact) mass is 328 g/mol. The van der Waals surface area contributed by atoms with E-state index in [-0.39, 0.29) is 12.0 Å². The topological polar surface area (TPSA) is 38.7 Å². The number of rotatable bonds is 3. The normalized spacial score (nSPS) is 24.5. The van der Waals surface area contributed by atoms with E-state index in [1.54, 1.807) is 7.11 Å². The standard InChI is InChI=1S/C15H21BrO3/c1-8-5-12(16)10(3)13(15(8)18-4)14(17)11-6-9(2)19-7-11/h5,9,11,14,17H,6-7H2,1-4H3. The number of aliphatic hydroxyl groups excluding tert-OH is 1. The van der Waals surface area contributed by atoms with Gasteiger partial charge in [-0.3, -0.25) is 0 Å². The van der Waals surface area contributed by atoms with Gasteiger partial charge < -0.3 is 14.6 Å². The number of hydrogen-bond acceptors (Lipinski definition) is 3. The van der Waals surface area contributed by atoms with Gasteiger partial charge in [0.2, 0.25) is 0 Å². The molecule has 19 heavy (non-hydrogen) atoms. The van der Waals surface area contributed by atoms with Crippen molar-refractivity contribution in [1.29, 1.82) is 0 Å². The molecule has 4 heteroatoms. The van der Waals surface area contributed by atoms with E-state index < -0.39 is 6.10 Å². The Morgan fingerprint density at radius 1 is 1.47 bits per heavy atom. The average Bonchev–Trinajstić information content (AvgIpc) is 2.79. The molecule has 3 unspecified atom stereocenters. The first-order chi connectivity index (χ1) is 8.95. The zero-order valence-corrected chi connectivity index (χ0v) is 13.5. The molecule has 0 aliphatic carbocycles. The molecule has 1 heterocycles. The Morgan fingerprint density at radius 3 is 2.68 bits per heavy atom. The number of halogens is 1. The van der Waals surface area contributed by atoms with Crippen molar-refractivity contribution in [2.75, 3.05) is 13.7 Å². The van der Waals surface area contributed by atoms with Crippen LogP contribution in [-0.2, 0) is 4.74 Å². The molecule has 3 atom stereocenters. The highest BCUT2D eigenvalue weighted by molar-refractivity contribution is 9.10. The van der Waals surface area contributed by atoms with Gasteiger partial charge in [0, 0.05) is 16.0 Å². The summed E-state index contributed by atoms with van der Waals surface area (Å²) in [7, 11) is 1.65. The fraction of sp³-hybridized carbons (Fsp3) is 0.600. The fourth-order valence-electron chi connectivity index (χ4n) is 2.81. The Morgan fingerprint density at radius 2 is 2.16 bits per heavy atom. The van der Waals surface area contributed by atoms with Crippen molar-refractivity contribution < 1.29 is 14.6 Å². The highest BCUT2D eigenvalue weighted by atomic mass is 79.9. The van der Waals surface area contributed by atoms with Crippen molar-refractivity contribution in [2.24, 2.45) is 5.92 Å². The summed E-state index contributed by atoms with van der Waals surface area (Å²) in [4.78, 5) is 0. The molecule has 106 valence electrons. The van der Waals surface area contributed by atoms with Crippen LogP contribution in [0.5, 0.6) is 5.75 Å². The molecule has 1 saturated heterocycles. The molecule has 0 radical (unpaired) electrons. The van der Waals surface area contributed by atoms with Gasteiger partial charge in [0.25, 0.3) is 0 Å². The number of aryl methyl sites for hydroxylation is 1. The molecule has 1 aliphatic heterocycles. The molecule has 1 aromatic carbocycles. The molecule has 1 aliphatic rings. The van der Waals surface area contributed by atoms with Gasteiger partial charge >= 0.3 is 0 Å². The predicted molar refractivity (Wildman–Crippen MR) is 78.6 cm³/mol. The minimum atomic E-state index is -0.545. The average molecular weight is 329 g/mol. The number of benzene rings is 1. The quantitative estimate of drug-likeness (QED) is 0.922. The molecular formula is C15H21BrO3. The van der Waals surface area contributed by atoms with E-state index in [0.717, 1.165) is 33.3 Å². The third-order valence-corrected chi connectivity index (χ3v) is 4.71. The first kappa shape index (κ1) is 14.8. The Balaban J connectivity index is 2.42. The molecule has 0 aromatic heterocycles. The van der Waals surface area contributed by atoms with Crippen molar-refractivity contribution in [2.45, 2.75) is 39.4 Å². The summed E-state index contributed by atoms with van der Waals surface area (Å²) in [6.07, 6.45) is 0.560. The fourth-order valence-corrected chi connectivity index (χ4v) is 3.37. The summed E-state index contributed by atoms with van der Waals surface area (Å²) in [5, 5.41) is 10.7. The zero-order chi connectivity index (χ0) is 14.2. The Kier molecular flexibility index (Phi) is 4.54. The summed E-state index contributed by atoms with van der Waals surface area (Å²) < 4.78 is 12.1. The number of hydrogen-bond donors (Lipinski definition) is 1. The van der Waals surface area contributed by atoms with E-state index in [4.69, 9.17) is 9.47 Å². The lowest BCUT2D eigenvalue weighted by atomic mass is 9.89. The van der Waals surface area contributed by atoms with Gasteiger partial charge in [-0.15, -0.1) is 0 Å². The highest BCUT2D eigenvalue weighted by Crippen LogP contribution is 2.41. The van der Waals surface area contributed by atoms with Crippen LogP contribution in [0.3, 0.4) is 0 Å². The molecule has 0 saturated carbocycles. The van der Waals surface area contributed by atoms with E-state index in [1.807, 2.05) is 26.8 Å². The minimum Gasteiger partial charge on any atom is -0.496 e. The summed E-state index contributed by atoms with van der Waals surface area (Å²) in [5.74, 6) is 0.920. The molecule has 3 nitrogen and oxygen atoms in total. The van der Waals surface area contributed by atoms with Gasteiger partial charge in [0.15, 0.2) is 0 Å². The lowest BCUT2D eigenvalue weighted by Crippen LogP contribution is -2.16. The van der Waals surface area contributed by atoms with E-state index in [9.17, 15) is 5.11 Å². The van der Waals surface area contributed by atoms with Gasteiger partial charge in [0.1, 0.15) is 5.75 Å². The lowest BCUT2D eigenvalue weighted by molar-refractivity contribution is 0.0785. The van der Waals surface area contributed by atoms with Gasteiger partial charge in [-0.05, 0) is 44.4 Å². The van der Waals surface area contributed by atoms with Crippen LogP contribution in [0.2, 0.25) is 0 Å². The smallest absolute Gasteiger partial charge is 0.127 e. The molecular weight excluding hydrogens is 308 g/mol. The van der Waals surface area contributed by atoms with E-state index in [0.29, 0.717) is 6.61 Å². The second-order valence-corrected chi connectivity index (χ2v) is 6.19. The summed E-state index contributed by atoms with van der Waals surface area (Å²) in [5.41, 5.74) is 2.95. The van der Waals surface area contributed by atoms with Crippen molar-refractivity contribution in [3.8, 4) is 5.75 Å². The van der Waals surface area contributed by atoms with Crippen LogP contribution in [-0.4, -0.2) is 24.9 Å². The summed E-state index contributed by atoms with van der Waals surface area (Å²) in [6.45, 7) is 6.65. The largest absolute Gasteiger partial charge is 0.496 e. The van der Waals surface area contributed by atoms with Crippen LogP contribution in [0.15, 0.2) is 10.5 Å². The van der Waals surface area contributed by atoms with E-state index >= 15 is 0 Å². The minimum absolute atomic E-state index is 0.135. The summed E-state index contributed by atoms with van der Waals surface area (Å²) >= 11 is 3.55. The zero-order valence-electron chi connectivity index (χ0n) is 11.9. The molecule has 0 amide bonds. The highest BCUT2D eigenvalue weighted by Gasteiger charge is 2.32. The van der Waals surface area contributed by atoms with Crippen LogP contribution in [0.1, 0.15) is 36.1 Å². The molecule has 0 spiro atoms.